The predicted octanol–water partition coefficient (Wildman–Crippen LogP) is 2.13. The molecule has 1 saturated heterocycles. The molecule has 0 bridgehead atoms. The number of aliphatic carboxylic acids is 1. The second kappa shape index (κ2) is 5.71. The van der Waals surface area contributed by atoms with E-state index in [2.05, 4.69) is 0 Å². The van der Waals surface area contributed by atoms with Gasteiger partial charge in [0.25, 0.3) is 0 Å². The summed E-state index contributed by atoms with van der Waals surface area (Å²) in [6.45, 7) is 2.06. The molecule has 1 atom stereocenters. The van der Waals surface area contributed by atoms with Gasteiger partial charge in [-0.05, 0) is 37.5 Å². The Morgan fingerprint density at radius 3 is 2.80 bits per heavy atom. The lowest BCUT2D eigenvalue weighted by Gasteiger charge is -2.30. The van der Waals surface area contributed by atoms with Crippen LogP contribution in [0, 0.1) is 12.8 Å². The molecule has 7 heteroatoms. The second-order valence-corrected chi connectivity index (χ2v) is 7.29. The highest BCUT2D eigenvalue weighted by Gasteiger charge is 2.33. The fourth-order valence-corrected chi connectivity index (χ4v) is 4.36. The van der Waals surface area contributed by atoms with Gasteiger partial charge in [-0.15, -0.1) is 0 Å². The standard InChI is InChI=1S/C13H16ClNO4S/c1-9-4-5-11(14)7-12(9)20(18,19)15-6-2-3-10(8-15)13(16)17/h4-5,7,10H,2-3,6,8H2,1H3,(H,16,17)/t10-/m1/s1. The summed E-state index contributed by atoms with van der Waals surface area (Å²) in [5.41, 5.74) is 0.604. The minimum absolute atomic E-state index is 0.0175. The molecule has 1 aromatic rings. The van der Waals surface area contributed by atoms with E-state index in [1.807, 2.05) is 0 Å². The van der Waals surface area contributed by atoms with E-state index in [1.54, 1.807) is 19.1 Å². The normalized spacial score (nSPS) is 20.8. The number of piperidine rings is 1. The van der Waals surface area contributed by atoms with Crippen molar-refractivity contribution in [1.82, 2.24) is 4.31 Å². The fraction of sp³-hybridized carbons (Fsp3) is 0.462. The van der Waals surface area contributed by atoms with Gasteiger partial charge in [0.2, 0.25) is 10.0 Å². The Labute approximate surface area is 123 Å². The molecule has 1 heterocycles. The maximum Gasteiger partial charge on any atom is 0.307 e. The third kappa shape index (κ3) is 2.97. The van der Waals surface area contributed by atoms with Crippen LogP contribution in [0.1, 0.15) is 18.4 Å². The van der Waals surface area contributed by atoms with E-state index in [4.69, 9.17) is 16.7 Å². The number of aryl methyl sites for hydroxylation is 1. The molecule has 0 unspecified atom stereocenters. The number of carbonyl (C=O) groups is 1. The minimum atomic E-state index is -3.70. The lowest BCUT2D eigenvalue weighted by atomic mass is 10.0. The number of hydrogen-bond acceptors (Lipinski definition) is 3. The van der Waals surface area contributed by atoms with Crippen molar-refractivity contribution in [2.75, 3.05) is 13.1 Å². The van der Waals surface area contributed by atoms with Crippen LogP contribution >= 0.6 is 11.6 Å². The highest BCUT2D eigenvalue weighted by atomic mass is 35.5. The number of hydrogen-bond donors (Lipinski definition) is 1. The van der Waals surface area contributed by atoms with Gasteiger partial charge < -0.3 is 5.11 Å². The molecule has 5 nitrogen and oxygen atoms in total. The monoisotopic (exact) mass is 317 g/mol. The number of sulfonamides is 1. The zero-order valence-corrected chi connectivity index (χ0v) is 12.6. The molecular weight excluding hydrogens is 302 g/mol. The van der Waals surface area contributed by atoms with Crippen LogP contribution in [0.5, 0.6) is 0 Å². The molecule has 1 aromatic carbocycles. The van der Waals surface area contributed by atoms with E-state index in [9.17, 15) is 13.2 Å². The lowest BCUT2D eigenvalue weighted by molar-refractivity contribution is -0.142. The van der Waals surface area contributed by atoms with E-state index < -0.39 is 21.9 Å². The fourth-order valence-electron chi connectivity index (χ4n) is 2.35. The van der Waals surface area contributed by atoms with Gasteiger partial charge >= 0.3 is 5.97 Å². The summed E-state index contributed by atoms with van der Waals surface area (Å²) < 4.78 is 26.4. The van der Waals surface area contributed by atoms with Gasteiger partial charge in [-0.3, -0.25) is 4.79 Å². The smallest absolute Gasteiger partial charge is 0.307 e. The van der Waals surface area contributed by atoms with Gasteiger partial charge in [0.05, 0.1) is 10.8 Å². The van der Waals surface area contributed by atoms with Crippen molar-refractivity contribution in [1.29, 1.82) is 0 Å². The lowest BCUT2D eigenvalue weighted by Crippen LogP contribution is -2.42. The molecule has 0 spiro atoms. The van der Waals surface area contributed by atoms with Gasteiger partial charge in [0.1, 0.15) is 0 Å². The quantitative estimate of drug-likeness (QED) is 0.926. The summed E-state index contributed by atoms with van der Waals surface area (Å²) in [6.07, 6.45) is 1.06. The first-order valence-corrected chi connectivity index (χ1v) is 8.13. The number of halogens is 1. The van der Waals surface area contributed by atoms with Gasteiger partial charge in [0.15, 0.2) is 0 Å². The molecule has 0 aromatic heterocycles. The summed E-state index contributed by atoms with van der Waals surface area (Å²) in [4.78, 5) is 11.2. The Hall–Kier alpha value is -1.11. The number of carboxylic acids is 1. The zero-order valence-electron chi connectivity index (χ0n) is 11.0. The largest absolute Gasteiger partial charge is 0.481 e. The Morgan fingerprint density at radius 1 is 1.45 bits per heavy atom. The minimum Gasteiger partial charge on any atom is -0.481 e. The van der Waals surface area contributed by atoms with Crippen LogP contribution in [0.2, 0.25) is 5.02 Å². The molecular formula is C13H16ClNO4S. The van der Waals surface area contributed by atoms with Crippen LogP contribution in [-0.2, 0) is 14.8 Å². The summed E-state index contributed by atoms with van der Waals surface area (Å²) in [5, 5.41) is 9.40. The van der Waals surface area contributed by atoms with E-state index >= 15 is 0 Å². The Bertz CT molecular complexity index is 629. The third-order valence-electron chi connectivity index (χ3n) is 3.50. The Kier molecular flexibility index (Phi) is 4.36. The summed E-state index contributed by atoms with van der Waals surface area (Å²) in [6, 6.07) is 4.69. The summed E-state index contributed by atoms with van der Waals surface area (Å²) in [7, 11) is -3.70. The second-order valence-electron chi connectivity index (χ2n) is 4.95. The molecule has 2 rings (SSSR count). The zero-order chi connectivity index (χ0) is 14.9. The Balaban J connectivity index is 2.35. The first-order valence-electron chi connectivity index (χ1n) is 6.31. The van der Waals surface area contributed by atoms with E-state index in [0.29, 0.717) is 30.0 Å². The molecule has 1 aliphatic heterocycles. The molecule has 0 saturated carbocycles. The third-order valence-corrected chi connectivity index (χ3v) is 5.74. The topological polar surface area (TPSA) is 74.7 Å². The highest BCUT2D eigenvalue weighted by Crippen LogP contribution is 2.27. The van der Waals surface area contributed by atoms with Crippen molar-refractivity contribution in [3.05, 3.63) is 28.8 Å². The van der Waals surface area contributed by atoms with Crippen LogP contribution in [0.25, 0.3) is 0 Å². The molecule has 1 aliphatic rings. The van der Waals surface area contributed by atoms with Crippen LogP contribution in [0.4, 0.5) is 0 Å². The SMILES string of the molecule is Cc1ccc(Cl)cc1S(=O)(=O)N1CCC[C@@H](C(=O)O)C1. The van der Waals surface area contributed by atoms with Crippen molar-refractivity contribution in [3.63, 3.8) is 0 Å². The molecule has 1 N–H and O–H groups in total. The molecule has 1 fully saturated rings. The van der Waals surface area contributed by atoms with Crippen molar-refractivity contribution >= 4 is 27.6 Å². The number of rotatable bonds is 3. The van der Waals surface area contributed by atoms with Gasteiger partial charge in [-0.1, -0.05) is 17.7 Å². The van der Waals surface area contributed by atoms with Crippen molar-refractivity contribution in [2.45, 2.75) is 24.7 Å². The van der Waals surface area contributed by atoms with Crippen LogP contribution in [0.3, 0.4) is 0 Å². The average molecular weight is 318 g/mol. The maximum atomic E-state index is 12.6. The van der Waals surface area contributed by atoms with Gasteiger partial charge in [-0.25, -0.2) is 8.42 Å². The van der Waals surface area contributed by atoms with Gasteiger partial charge in [-0.2, -0.15) is 4.31 Å². The average Bonchev–Trinajstić information content (AvgIpc) is 2.41. The molecule has 110 valence electrons. The summed E-state index contributed by atoms with van der Waals surface area (Å²) in [5.74, 6) is -1.59. The van der Waals surface area contributed by atoms with Crippen LogP contribution in [-0.4, -0.2) is 36.9 Å². The van der Waals surface area contributed by atoms with Crippen LogP contribution < -0.4 is 0 Å². The van der Waals surface area contributed by atoms with E-state index in [-0.39, 0.29) is 11.4 Å². The maximum absolute atomic E-state index is 12.6. The Morgan fingerprint density at radius 2 is 2.15 bits per heavy atom. The van der Waals surface area contributed by atoms with E-state index in [1.165, 1.54) is 10.4 Å². The molecule has 20 heavy (non-hydrogen) atoms. The number of benzene rings is 1. The highest BCUT2D eigenvalue weighted by molar-refractivity contribution is 7.89. The van der Waals surface area contributed by atoms with E-state index in [0.717, 1.165) is 0 Å². The number of carboxylic acid groups (broad SMARTS) is 1. The van der Waals surface area contributed by atoms with Crippen molar-refractivity contribution in [3.8, 4) is 0 Å². The predicted molar refractivity (Wildman–Crippen MR) is 75.3 cm³/mol. The molecule has 0 aliphatic carbocycles. The first kappa shape index (κ1) is 15.3. The van der Waals surface area contributed by atoms with Crippen molar-refractivity contribution in [2.24, 2.45) is 5.92 Å². The molecule has 0 radical (unpaired) electrons. The first-order chi connectivity index (χ1) is 9.32. The summed E-state index contributed by atoms with van der Waals surface area (Å²) >= 11 is 5.86. The number of nitrogens with zero attached hydrogens (tertiary/aromatic N) is 1. The van der Waals surface area contributed by atoms with Gasteiger partial charge in [0, 0.05) is 18.1 Å². The van der Waals surface area contributed by atoms with Crippen LogP contribution in [0.15, 0.2) is 23.1 Å². The molecule has 0 amide bonds. The van der Waals surface area contributed by atoms with Crippen molar-refractivity contribution < 1.29 is 18.3 Å².